The van der Waals surface area contributed by atoms with Gasteiger partial charge in [-0.1, -0.05) is 24.9 Å². The maximum absolute atomic E-state index is 10.6. The van der Waals surface area contributed by atoms with E-state index in [0.29, 0.717) is 11.3 Å². The summed E-state index contributed by atoms with van der Waals surface area (Å²) in [5.41, 5.74) is 0.917. The molecule has 0 spiro atoms. The number of carboxylic acid groups (broad SMARTS) is 2. The van der Waals surface area contributed by atoms with Crippen LogP contribution in [0.2, 0.25) is 0 Å². The number of aliphatic carboxylic acids is 2. The van der Waals surface area contributed by atoms with E-state index in [1.807, 2.05) is 11.4 Å². The minimum atomic E-state index is -1.07. The van der Waals surface area contributed by atoms with Crippen LogP contribution < -0.4 is 0 Å². The summed E-state index contributed by atoms with van der Waals surface area (Å²) in [6.45, 7) is 7.20. The highest BCUT2D eigenvalue weighted by Crippen LogP contribution is 2.34. The molecule has 0 unspecified atom stereocenters. The van der Waals surface area contributed by atoms with Gasteiger partial charge in [0.25, 0.3) is 0 Å². The summed E-state index contributed by atoms with van der Waals surface area (Å²) in [6.07, 6.45) is 0.543. The van der Waals surface area contributed by atoms with Crippen molar-refractivity contribution in [1.29, 1.82) is 0 Å². The van der Waals surface area contributed by atoms with Gasteiger partial charge in [0.2, 0.25) is 0 Å². The number of aryl methyl sites for hydroxylation is 1. The largest absolute Gasteiger partial charge is 0.481 e. The first-order valence-corrected chi connectivity index (χ1v) is 6.68. The number of thiophene rings is 1. The summed E-state index contributed by atoms with van der Waals surface area (Å²) < 4.78 is 0. The number of hydrogen-bond donors (Lipinski definition) is 2. The molecular weight excluding hydrogens is 272 g/mol. The van der Waals surface area contributed by atoms with Gasteiger partial charge in [-0.15, -0.1) is 11.3 Å². The van der Waals surface area contributed by atoms with Crippen molar-refractivity contribution in [3.8, 4) is 0 Å². The van der Waals surface area contributed by atoms with E-state index >= 15 is 0 Å². The fraction of sp³-hybridized carbons (Fsp3) is 0.167. The van der Waals surface area contributed by atoms with E-state index in [-0.39, 0.29) is 11.3 Å². The summed E-state index contributed by atoms with van der Waals surface area (Å²) in [4.78, 5) is 22.5. The van der Waals surface area contributed by atoms with Gasteiger partial charge in [-0.25, -0.2) is 4.79 Å². The van der Waals surface area contributed by atoms with Crippen molar-refractivity contribution in [2.24, 2.45) is 0 Å². The molecule has 0 aliphatic rings. The third-order valence-electron chi connectivity index (χ3n) is 2.04. The van der Waals surface area contributed by atoms with E-state index in [1.54, 1.807) is 0 Å². The van der Waals surface area contributed by atoms with Gasteiger partial charge in [-0.3, -0.25) is 4.79 Å². The quantitative estimate of drug-likeness (QED) is 0.753. The molecule has 1 rings (SSSR count). The fourth-order valence-corrected chi connectivity index (χ4v) is 2.78. The highest BCUT2D eigenvalue weighted by atomic mass is 32.2. The molecule has 0 radical (unpaired) electrons. The molecule has 1 heterocycles. The Bertz CT molecular complexity index is 502. The molecule has 0 aliphatic heterocycles. The average Bonchev–Trinajstić information content (AvgIpc) is 2.74. The molecule has 0 saturated carbocycles. The van der Waals surface area contributed by atoms with E-state index in [1.165, 1.54) is 11.3 Å². The SMILES string of the molecule is C=C(SC(=C)c1cc(CCC(=O)O)cs1)C(=O)O. The number of carbonyl (C=O) groups is 2. The molecule has 1 aromatic rings. The molecule has 1 aromatic heterocycles. The first-order chi connectivity index (χ1) is 8.40. The molecule has 2 N–H and O–H groups in total. The smallest absolute Gasteiger partial charge is 0.341 e. The van der Waals surface area contributed by atoms with Gasteiger partial charge >= 0.3 is 11.9 Å². The van der Waals surface area contributed by atoms with E-state index in [0.717, 1.165) is 22.2 Å². The second-order valence-electron chi connectivity index (χ2n) is 3.47. The minimum absolute atomic E-state index is 0.0143. The predicted octanol–water partition coefficient (Wildman–Crippen LogP) is 3.07. The minimum Gasteiger partial charge on any atom is -0.481 e. The van der Waals surface area contributed by atoms with Crippen molar-refractivity contribution in [2.75, 3.05) is 0 Å². The Morgan fingerprint density at radius 1 is 1.33 bits per heavy atom. The first kappa shape index (κ1) is 14.5. The van der Waals surface area contributed by atoms with Crippen LogP contribution in [0.5, 0.6) is 0 Å². The van der Waals surface area contributed by atoms with E-state index in [2.05, 4.69) is 13.2 Å². The van der Waals surface area contributed by atoms with Crippen LogP contribution in [0.1, 0.15) is 16.9 Å². The molecule has 4 nitrogen and oxygen atoms in total. The lowest BCUT2D eigenvalue weighted by Crippen LogP contribution is -1.96. The fourth-order valence-electron chi connectivity index (χ4n) is 1.15. The van der Waals surface area contributed by atoms with Crippen molar-refractivity contribution in [2.45, 2.75) is 12.8 Å². The van der Waals surface area contributed by atoms with Gasteiger partial charge in [0.1, 0.15) is 0 Å². The summed E-state index contributed by atoms with van der Waals surface area (Å²) >= 11 is 2.42. The van der Waals surface area contributed by atoms with Crippen molar-refractivity contribution >= 4 is 39.9 Å². The second-order valence-corrected chi connectivity index (χ2v) is 5.57. The number of rotatable bonds is 7. The molecule has 96 valence electrons. The van der Waals surface area contributed by atoms with Crippen LogP contribution in [0, 0.1) is 0 Å². The van der Waals surface area contributed by atoms with Crippen molar-refractivity contribution < 1.29 is 19.8 Å². The number of hydrogen-bond acceptors (Lipinski definition) is 4. The zero-order valence-electron chi connectivity index (χ0n) is 9.51. The lowest BCUT2D eigenvalue weighted by molar-refractivity contribution is -0.137. The van der Waals surface area contributed by atoms with Crippen LogP contribution >= 0.6 is 23.1 Å². The molecule has 0 fully saturated rings. The van der Waals surface area contributed by atoms with Gasteiger partial charge < -0.3 is 10.2 Å². The molecule has 0 amide bonds. The third-order valence-corrected chi connectivity index (χ3v) is 4.10. The lowest BCUT2D eigenvalue weighted by atomic mass is 10.2. The molecular formula is C12H12O4S2. The van der Waals surface area contributed by atoms with Crippen molar-refractivity contribution in [1.82, 2.24) is 0 Å². The van der Waals surface area contributed by atoms with E-state index in [9.17, 15) is 9.59 Å². The molecule has 0 bridgehead atoms. The Hall–Kier alpha value is -1.53. The Morgan fingerprint density at radius 3 is 2.56 bits per heavy atom. The normalized spacial score (nSPS) is 10.0. The van der Waals surface area contributed by atoms with Crippen LogP contribution in [0.15, 0.2) is 29.5 Å². The summed E-state index contributed by atoms with van der Waals surface area (Å²) in [6, 6.07) is 1.83. The predicted molar refractivity (Wildman–Crippen MR) is 73.7 cm³/mol. The summed E-state index contributed by atoms with van der Waals surface area (Å²) in [5.74, 6) is -1.90. The standard InChI is InChI=1S/C12H12O4S2/c1-7(18-8(2)12(15)16)10-5-9(6-17-10)3-4-11(13)14/h5-6H,1-4H2,(H,13,14)(H,15,16). The maximum Gasteiger partial charge on any atom is 0.341 e. The van der Waals surface area contributed by atoms with Crippen molar-refractivity contribution in [3.05, 3.63) is 40.0 Å². The van der Waals surface area contributed by atoms with Crippen LogP contribution in [0.4, 0.5) is 0 Å². The first-order valence-electron chi connectivity index (χ1n) is 4.98. The molecule has 0 aromatic carbocycles. The zero-order chi connectivity index (χ0) is 13.7. The molecule has 0 saturated heterocycles. The van der Waals surface area contributed by atoms with Crippen LogP contribution in [-0.2, 0) is 16.0 Å². The van der Waals surface area contributed by atoms with Gasteiger partial charge in [-0.05, 0) is 23.4 Å². The highest BCUT2D eigenvalue weighted by molar-refractivity contribution is 8.12. The van der Waals surface area contributed by atoms with Crippen LogP contribution in [-0.4, -0.2) is 22.2 Å². The molecule has 0 atom stereocenters. The number of thioether (sulfide) groups is 1. The Morgan fingerprint density at radius 2 is 2.00 bits per heavy atom. The Kier molecular flexibility index (Phi) is 5.18. The summed E-state index contributed by atoms with van der Waals surface area (Å²) in [7, 11) is 0. The van der Waals surface area contributed by atoms with Gasteiger partial charge in [0.15, 0.2) is 0 Å². The maximum atomic E-state index is 10.6. The molecule has 18 heavy (non-hydrogen) atoms. The van der Waals surface area contributed by atoms with Gasteiger partial charge in [0, 0.05) is 16.2 Å². The van der Waals surface area contributed by atoms with E-state index in [4.69, 9.17) is 10.2 Å². The zero-order valence-corrected chi connectivity index (χ0v) is 11.1. The lowest BCUT2D eigenvalue weighted by Gasteiger charge is -2.01. The average molecular weight is 284 g/mol. The topological polar surface area (TPSA) is 74.6 Å². The van der Waals surface area contributed by atoms with E-state index < -0.39 is 11.9 Å². The second kappa shape index (κ2) is 6.42. The van der Waals surface area contributed by atoms with Crippen LogP contribution in [0.25, 0.3) is 4.91 Å². The number of carboxylic acids is 2. The Balaban J connectivity index is 2.62. The highest BCUT2D eigenvalue weighted by Gasteiger charge is 2.11. The van der Waals surface area contributed by atoms with Crippen molar-refractivity contribution in [3.63, 3.8) is 0 Å². The van der Waals surface area contributed by atoms with Crippen LogP contribution in [0.3, 0.4) is 0 Å². The van der Waals surface area contributed by atoms with Gasteiger partial charge in [0.05, 0.1) is 4.91 Å². The van der Waals surface area contributed by atoms with Gasteiger partial charge in [-0.2, -0.15) is 0 Å². The molecule has 0 aliphatic carbocycles. The third kappa shape index (κ3) is 4.38. The summed E-state index contributed by atoms with van der Waals surface area (Å²) in [5, 5.41) is 19.1. The Labute approximate surface area is 113 Å². The monoisotopic (exact) mass is 284 g/mol. The molecule has 6 heteroatoms.